The van der Waals surface area contributed by atoms with E-state index in [0.29, 0.717) is 17.0 Å². The zero-order chi connectivity index (χ0) is 13.7. The molecule has 2 N–H and O–H groups in total. The van der Waals surface area contributed by atoms with Crippen LogP contribution in [0, 0.1) is 0 Å². The molecule has 0 aromatic heterocycles. The van der Waals surface area contributed by atoms with Gasteiger partial charge in [0.2, 0.25) is 5.91 Å². The van der Waals surface area contributed by atoms with Crippen LogP contribution in [0.15, 0.2) is 0 Å². The Hall–Kier alpha value is -0.260. The molecule has 1 aliphatic heterocycles. The lowest BCUT2D eigenvalue weighted by Crippen LogP contribution is -2.41. The quantitative estimate of drug-likeness (QED) is 0.734. The van der Waals surface area contributed by atoms with Gasteiger partial charge in [0.15, 0.2) is 0 Å². The minimum absolute atomic E-state index is 0.194. The molecule has 110 valence electrons. The minimum Gasteiger partial charge on any atom is -0.354 e. The predicted molar refractivity (Wildman–Crippen MR) is 81.6 cm³/mol. The first kappa shape index (κ1) is 15.1. The van der Waals surface area contributed by atoms with E-state index in [4.69, 9.17) is 0 Å². The summed E-state index contributed by atoms with van der Waals surface area (Å²) in [6.45, 7) is 5.17. The molecule has 1 amide bonds. The van der Waals surface area contributed by atoms with Gasteiger partial charge in [0.1, 0.15) is 0 Å². The lowest BCUT2D eigenvalue weighted by atomic mass is 10.2. The van der Waals surface area contributed by atoms with E-state index in [1.54, 1.807) is 0 Å². The molecule has 1 aliphatic carbocycles. The van der Waals surface area contributed by atoms with Crippen LogP contribution in [-0.2, 0) is 4.79 Å². The normalized spacial score (nSPS) is 22.5. The lowest BCUT2D eigenvalue weighted by molar-refractivity contribution is -0.118. The highest BCUT2D eigenvalue weighted by Gasteiger charge is 2.29. The van der Waals surface area contributed by atoms with Gasteiger partial charge in [-0.2, -0.15) is 0 Å². The van der Waals surface area contributed by atoms with Crippen molar-refractivity contribution < 1.29 is 4.79 Å². The number of hydrogen-bond donors (Lipinski definition) is 2. The number of hydrogen-bond acceptors (Lipinski definition) is 4. The van der Waals surface area contributed by atoms with Crippen LogP contribution in [0.25, 0.3) is 0 Å². The van der Waals surface area contributed by atoms with Gasteiger partial charge >= 0.3 is 0 Å². The number of nitrogens with one attached hydrogen (secondary N) is 2. The van der Waals surface area contributed by atoms with E-state index in [0.717, 1.165) is 25.7 Å². The van der Waals surface area contributed by atoms with Gasteiger partial charge in [0.25, 0.3) is 0 Å². The maximum Gasteiger partial charge on any atom is 0.230 e. The van der Waals surface area contributed by atoms with Crippen LogP contribution in [-0.4, -0.2) is 60.6 Å². The van der Waals surface area contributed by atoms with Crippen molar-refractivity contribution >= 4 is 17.7 Å². The number of carbonyl (C=O) groups excluding carboxylic acids is 1. The van der Waals surface area contributed by atoms with Crippen LogP contribution in [0.4, 0.5) is 0 Å². The van der Waals surface area contributed by atoms with Gasteiger partial charge in [-0.25, -0.2) is 0 Å². The van der Waals surface area contributed by atoms with Crippen molar-refractivity contribution in [2.45, 2.75) is 49.9 Å². The number of thioether (sulfide) groups is 1. The number of nitrogens with zero attached hydrogens (tertiary/aromatic N) is 1. The summed E-state index contributed by atoms with van der Waals surface area (Å²) in [4.78, 5) is 14.2. The van der Waals surface area contributed by atoms with E-state index in [2.05, 4.69) is 29.5 Å². The number of piperidine rings is 1. The summed E-state index contributed by atoms with van der Waals surface area (Å²) < 4.78 is 0. The number of rotatable bonds is 7. The third kappa shape index (κ3) is 5.32. The van der Waals surface area contributed by atoms with Gasteiger partial charge in [-0.3, -0.25) is 9.69 Å². The van der Waals surface area contributed by atoms with E-state index in [-0.39, 0.29) is 5.91 Å². The summed E-state index contributed by atoms with van der Waals surface area (Å²) >= 11 is 1.82. The summed E-state index contributed by atoms with van der Waals surface area (Å²) in [6, 6.07) is 1.20. The van der Waals surface area contributed by atoms with Gasteiger partial charge in [-0.15, -0.1) is 11.8 Å². The average molecular weight is 285 g/mol. The maximum atomic E-state index is 11.8. The molecular formula is C14H27N3OS. The van der Waals surface area contributed by atoms with Crippen molar-refractivity contribution in [2.24, 2.45) is 0 Å². The Morgan fingerprint density at radius 3 is 2.68 bits per heavy atom. The van der Waals surface area contributed by atoms with Gasteiger partial charge in [0.05, 0.1) is 5.75 Å². The molecule has 2 rings (SSSR count). The smallest absolute Gasteiger partial charge is 0.230 e. The predicted octanol–water partition coefficient (Wildman–Crippen LogP) is 1.07. The molecule has 5 heteroatoms. The van der Waals surface area contributed by atoms with E-state index < -0.39 is 0 Å². The second kappa shape index (κ2) is 7.50. The Labute approximate surface area is 121 Å². The maximum absolute atomic E-state index is 11.8. The largest absolute Gasteiger partial charge is 0.354 e. The first-order chi connectivity index (χ1) is 9.16. The van der Waals surface area contributed by atoms with Crippen molar-refractivity contribution in [1.82, 2.24) is 15.5 Å². The number of carbonyl (C=O) groups is 1. The second-order valence-corrected chi connectivity index (χ2v) is 7.10. The van der Waals surface area contributed by atoms with Crippen LogP contribution < -0.4 is 10.6 Å². The van der Waals surface area contributed by atoms with Crippen molar-refractivity contribution in [3.05, 3.63) is 0 Å². The number of amides is 1. The zero-order valence-corrected chi connectivity index (χ0v) is 13.0. The van der Waals surface area contributed by atoms with E-state index in [1.165, 1.54) is 25.7 Å². The molecule has 0 aromatic carbocycles. The first-order valence-electron chi connectivity index (χ1n) is 7.47. The fourth-order valence-electron chi connectivity index (χ4n) is 2.45. The zero-order valence-electron chi connectivity index (χ0n) is 12.2. The molecular weight excluding hydrogens is 258 g/mol. The highest BCUT2D eigenvalue weighted by atomic mass is 32.2. The Morgan fingerprint density at radius 1 is 1.37 bits per heavy atom. The lowest BCUT2D eigenvalue weighted by Gasteiger charge is -2.25. The topological polar surface area (TPSA) is 44.4 Å². The summed E-state index contributed by atoms with van der Waals surface area (Å²) in [5.74, 6) is 0.810. The van der Waals surface area contributed by atoms with Gasteiger partial charge in [-0.05, 0) is 52.7 Å². The van der Waals surface area contributed by atoms with Crippen LogP contribution in [0.2, 0.25) is 0 Å². The second-order valence-electron chi connectivity index (χ2n) is 5.81. The van der Waals surface area contributed by atoms with Gasteiger partial charge < -0.3 is 10.6 Å². The molecule has 1 saturated carbocycles. The summed E-state index contributed by atoms with van der Waals surface area (Å²) in [7, 11) is 2.16. The van der Waals surface area contributed by atoms with Crippen molar-refractivity contribution in [2.75, 3.05) is 32.4 Å². The van der Waals surface area contributed by atoms with E-state index >= 15 is 0 Å². The minimum atomic E-state index is 0.194. The van der Waals surface area contributed by atoms with Gasteiger partial charge in [-0.1, -0.05) is 0 Å². The molecule has 4 nitrogen and oxygen atoms in total. The highest BCUT2D eigenvalue weighted by Crippen LogP contribution is 2.26. The van der Waals surface area contributed by atoms with Crippen LogP contribution in [0.5, 0.6) is 0 Å². The third-order valence-electron chi connectivity index (χ3n) is 4.15. The molecule has 0 aromatic rings. The Bertz CT molecular complexity index is 290. The molecule has 0 spiro atoms. The molecule has 1 heterocycles. The summed E-state index contributed by atoms with van der Waals surface area (Å²) in [6.07, 6.45) is 5.03. The molecule has 0 bridgehead atoms. The molecule has 2 aliphatic rings. The fourth-order valence-corrected chi connectivity index (χ4v) is 3.51. The van der Waals surface area contributed by atoms with Crippen molar-refractivity contribution in [3.63, 3.8) is 0 Å². The Balaban J connectivity index is 1.55. The Morgan fingerprint density at radius 2 is 2.05 bits per heavy atom. The van der Waals surface area contributed by atoms with Crippen molar-refractivity contribution in [1.29, 1.82) is 0 Å². The molecule has 1 saturated heterocycles. The summed E-state index contributed by atoms with van der Waals surface area (Å²) in [5.41, 5.74) is 0. The molecule has 1 atom stereocenters. The van der Waals surface area contributed by atoms with Crippen molar-refractivity contribution in [3.8, 4) is 0 Å². The van der Waals surface area contributed by atoms with Crippen LogP contribution >= 0.6 is 11.8 Å². The average Bonchev–Trinajstić information content (AvgIpc) is 3.27. The summed E-state index contributed by atoms with van der Waals surface area (Å²) in [5, 5.41) is 7.09. The highest BCUT2D eigenvalue weighted by molar-refractivity contribution is 8.00. The van der Waals surface area contributed by atoms with E-state index in [9.17, 15) is 4.79 Å². The Kier molecular flexibility index (Phi) is 5.98. The molecule has 0 radical (unpaired) electrons. The number of likely N-dealkylation sites (N-methyl/N-ethyl adjacent to an activating group) is 1. The van der Waals surface area contributed by atoms with Crippen LogP contribution in [0.1, 0.15) is 32.6 Å². The SMILES string of the molecule is CC(CNC(=O)CSC1CCNCC1)N(C)C1CC1. The monoisotopic (exact) mass is 285 g/mol. The van der Waals surface area contributed by atoms with Gasteiger partial charge in [0, 0.05) is 23.9 Å². The van der Waals surface area contributed by atoms with E-state index in [1.807, 2.05) is 11.8 Å². The van der Waals surface area contributed by atoms with Crippen LogP contribution in [0.3, 0.4) is 0 Å². The standard InChI is InChI=1S/C14H27N3OS/c1-11(17(2)12-3-4-12)9-16-14(18)10-19-13-5-7-15-8-6-13/h11-13,15H,3-10H2,1-2H3,(H,16,18). The third-order valence-corrected chi connectivity index (χ3v) is 5.52. The fraction of sp³-hybridized carbons (Fsp3) is 0.929. The molecule has 1 unspecified atom stereocenters. The molecule has 2 fully saturated rings. The molecule has 19 heavy (non-hydrogen) atoms. The first-order valence-corrected chi connectivity index (χ1v) is 8.52.